The number of amides is 3. The summed E-state index contributed by atoms with van der Waals surface area (Å²) in [6.07, 6.45) is 0. The van der Waals surface area contributed by atoms with Gasteiger partial charge >= 0.3 is 6.03 Å². The molecule has 4 N–H and O–H groups in total. The minimum Gasteiger partial charge on any atom is -0.350 e. The molecule has 0 radical (unpaired) electrons. The Morgan fingerprint density at radius 2 is 1.75 bits per heavy atom. The van der Waals surface area contributed by atoms with E-state index in [0.29, 0.717) is 0 Å². The predicted molar refractivity (Wildman–Crippen MR) is 53.3 cm³/mol. The second-order valence-electron chi connectivity index (χ2n) is 2.75. The third-order valence-corrected chi connectivity index (χ3v) is 1.64. The van der Waals surface area contributed by atoms with Crippen molar-refractivity contribution in [1.29, 1.82) is 0 Å². The first-order valence-corrected chi connectivity index (χ1v) is 4.11. The molecule has 1 aromatic carbocycles. The molecular weight excluding hydrogens is 216 g/mol. The van der Waals surface area contributed by atoms with Gasteiger partial charge in [0.05, 0.1) is 4.92 Å². The average Bonchev–Trinajstić information content (AvgIpc) is 2.26. The Labute approximate surface area is 89.5 Å². The zero-order valence-electron chi connectivity index (χ0n) is 7.97. The number of hydrazine groups is 1. The van der Waals surface area contributed by atoms with E-state index in [-0.39, 0.29) is 11.3 Å². The Morgan fingerprint density at radius 3 is 2.19 bits per heavy atom. The van der Waals surface area contributed by atoms with E-state index in [1.54, 1.807) is 0 Å². The molecular formula is C8H8N4O4. The van der Waals surface area contributed by atoms with E-state index in [0.717, 1.165) is 0 Å². The number of hydrogen-bond donors (Lipinski definition) is 3. The fraction of sp³-hybridized carbons (Fsp3) is 0. The van der Waals surface area contributed by atoms with E-state index < -0.39 is 16.9 Å². The molecule has 0 aliphatic rings. The number of carbonyl (C=O) groups excluding carboxylic acids is 2. The van der Waals surface area contributed by atoms with Crippen LogP contribution < -0.4 is 16.6 Å². The van der Waals surface area contributed by atoms with E-state index in [1.807, 2.05) is 10.9 Å². The van der Waals surface area contributed by atoms with E-state index in [9.17, 15) is 19.7 Å². The summed E-state index contributed by atoms with van der Waals surface area (Å²) in [5, 5.41) is 10.3. The zero-order chi connectivity index (χ0) is 12.1. The molecule has 0 aromatic heterocycles. The van der Waals surface area contributed by atoms with Gasteiger partial charge in [-0.3, -0.25) is 20.3 Å². The molecule has 0 atom stereocenters. The first kappa shape index (κ1) is 11.4. The molecule has 84 valence electrons. The molecule has 0 bridgehead atoms. The van der Waals surface area contributed by atoms with E-state index in [4.69, 9.17) is 5.73 Å². The number of nitrogens with two attached hydrogens (primary N) is 1. The van der Waals surface area contributed by atoms with Crippen LogP contribution in [0.1, 0.15) is 10.4 Å². The fourth-order valence-corrected chi connectivity index (χ4v) is 0.925. The summed E-state index contributed by atoms with van der Waals surface area (Å²) in [7, 11) is 0. The van der Waals surface area contributed by atoms with Crippen LogP contribution in [0.25, 0.3) is 0 Å². The maximum absolute atomic E-state index is 11.3. The summed E-state index contributed by atoms with van der Waals surface area (Å²) in [5.41, 5.74) is 8.67. The van der Waals surface area contributed by atoms with Gasteiger partial charge in [-0.25, -0.2) is 10.2 Å². The second-order valence-corrected chi connectivity index (χ2v) is 2.75. The number of primary amides is 1. The van der Waals surface area contributed by atoms with Gasteiger partial charge in [0.2, 0.25) is 0 Å². The largest absolute Gasteiger partial charge is 0.350 e. The Hall–Kier alpha value is -2.64. The number of hydrogen-bond acceptors (Lipinski definition) is 4. The molecule has 8 nitrogen and oxygen atoms in total. The van der Waals surface area contributed by atoms with Crippen molar-refractivity contribution >= 4 is 17.6 Å². The highest BCUT2D eigenvalue weighted by atomic mass is 16.6. The minimum absolute atomic E-state index is 0.126. The van der Waals surface area contributed by atoms with Gasteiger partial charge in [-0.2, -0.15) is 0 Å². The highest BCUT2D eigenvalue weighted by Gasteiger charge is 2.09. The number of benzene rings is 1. The summed E-state index contributed by atoms with van der Waals surface area (Å²) >= 11 is 0. The van der Waals surface area contributed by atoms with Gasteiger partial charge in [0.25, 0.3) is 11.6 Å². The van der Waals surface area contributed by atoms with Gasteiger partial charge in [-0.1, -0.05) is 0 Å². The maximum atomic E-state index is 11.3. The lowest BCUT2D eigenvalue weighted by atomic mass is 10.2. The molecule has 0 heterocycles. The van der Waals surface area contributed by atoms with Crippen LogP contribution in [0.15, 0.2) is 24.3 Å². The number of nitro groups is 1. The average molecular weight is 224 g/mol. The van der Waals surface area contributed by atoms with E-state index >= 15 is 0 Å². The second kappa shape index (κ2) is 4.73. The molecule has 16 heavy (non-hydrogen) atoms. The number of nitrogens with zero attached hydrogens (tertiary/aromatic N) is 1. The van der Waals surface area contributed by atoms with Crippen molar-refractivity contribution < 1.29 is 14.5 Å². The molecule has 0 aliphatic carbocycles. The number of carbonyl (C=O) groups is 2. The molecule has 1 rings (SSSR count). The monoisotopic (exact) mass is 224 g/mol. The van der Waals surface area contributed by atoms with E-state index in [1.165, 1.54) is 24.3 Å². The van der Waals surface area contributed by atoms with Gasteiger partial charge in [0, 0.05) is 17.7 Å². The summed E-state index contributed by atoms with van der Waals surface area (Å²) in [5.74, 6) is -0.617. The summed E-state index contributed by atoms with van der Waals surface area (Å²) in [4.78, 5) is 31.3. The van der Waals surface area contributed by atoms with Crippen LogP contribution in [0, 0.1) is 10.1 Å². The van der Waals surface area contributed by atoms with Crippen molar-refractivity contribution in [3.05, 3.63) is 39.9 Å². The number of urea groups is 1. The molecule has 8 heteroatoms. The summed E-state index contributed by atoms with van der Waals surface area (Å²) < 4.78 is 0. The standard InChI is InChI=1S/C8H8N4O4/c9-8(14)11-10-7(13)5-1-3-6(4-2-5)12(15)16/h1-4H,(H,10,13)(H3,9,11,14). The number of nitro benzene ring substituents is 1. The zero-order valence-corrected chi connectivity index (χ0v) is 7.97. The molecule has 0 spiro atoms. The van der Waals surface area contributed by atoms with Crippen LogP contribution in [0.3, 0.4) is 0 Å². The van der Waals surface area contributed by atoms with Crippen molar-refractivity contribution in [3.63, 3.8) is 0 Å². The lowest BCUT2D eigenvalue weighted by Crippen LogP contribution is -2.44. The van der Waals surface area contributed by atoms with Crippen molar-refractivity contribution in [3.8, 4) is 0 Å². The van der Waals surface area contributed by atoms with Crippen LogP contribution in [0.2, 0.25) is 0 Å². The first-order chi connectivity index (χ1) is 7.50. The third-order valence-electron chi connectivity index (χ3n) is 1.64. The van der Waals surface area contributed by atoms with E-state index in [2.05, 4.69) is 0 Å². The highest BCUT2D eigenvalue weighted by molar-refractivity contribution is 5.95. The minimum atomic E-state index is -0.907. The topological polar surface area (TPSA) is 127 Å². The van der Waals surface area contributed by atoms with Crippen molar-refractivity contribution in [2.24, 2.45) is 5.73 Å². The predicted octanol–water partition coefficient (Wildman–Crippen LogP) is -0.0921. The molecule has 0 fully saturated rings. The van der Waals surface area contributed by atoms with Gasteiger partial charge in [0.15, 0.2) is 0 Å². The SMILES string of the molecule is NC(=O)NNC(=O)c1ccc([N+](=O)[O-])cc1. The van der Waals surface area contributed by atoms with Gasteiger partial charge < -0.3 is 5.73 Å². The van der Waals surface area contributed by atoms with Crippen LogP contribution in [0.4, 0.5) is 10.5 Å². The molecule has 0 unspecified atom stereocenters. The molecule has 0 saturated carbocycles. The first-order valence-electron chi connectivity index (χ1n) is 4.11. The maximum Gasteiger partial charge on any atom is 0.330 e. The number of non-ortho nitro benzene ring substituents is 1. The number of rotatable bonds is 2. The molecule has 0 saturated heterocycles. The summed E-state index contributed by atoms with van der Waals surface area (Å²) in [6, 6.07) is 3.97. The summed E-state index contributed by atoms with van der Waals surface area (Å²) in [6.45, 7) is 0. The highest BCUT2D eigenvalue weighted by Crippen LogP contribution is 2.11. The van der Waals surface area contributed by atoms with Gasteiger partial charge in [-0.05, 0) is 12.1 Å². The van der Waals surface area contributed by atoms with Crippen LogP contribution in [-0.4, -0.2) is 16.9 Å². The number of nitrogens with one attached hydrogen (secondary N) is 2. The smallest absolute Gasteiger partial charge is 0.330 e. The Kier molecular flexibility index (Phi) is 3.38. The fourth-order valence-electron chi connectivity index (χ4n) is 0.925. The van der Waals surface area contributed by atoms with Crippen molar-refractivity contribution in [2.45, 2.75) is 0 Å². The normalized spacial score (nSPS) is 9.25. The van der Waals surface area contributed by atoms with Crippen LogP contribution in [0.5, 0.6) is 0 Å². The van der Waals surface area contributed by atoms with Crippen LogP contribution in [-0.2, 0) is 0 Å². The Bertz CT molecular complexity index is 428. The third kappa shape index (κ3) is 2.94. The molecule has 1 aromatic rings. The lowest BCUT2D eigenvalue weighted by molar-refractivity contribution is -0.384. The van der Waals surface area contributed by atoms with Crippen molar-refractivity contribution in [1.82, 2.24) is 10.9 Å². The Morgan fingerprint density at radius 1 is 1.19 bits per heavy atom. The van der Waals surface area contributed by atoms with Crippen molar-refractivity contribution in [2.75, 3.05) is 0 Å². The lowest BCUT2D eigenvalue weighted by Gasteiger charge is -2.03. The quantitative estimate of drug-likeness (QED) is 0.479. The Balaban J connectivity index is 2.70. The van der Waals surface area contributed by atoms with Crippen LogP contribution >= 0.6 is 0 Å². The molecule has 0 aliphatic heterocycles. The van der Waals surface area contributed by atoms with Gasteiger partial charge in [0.1, 0.15) is 0 Å². The molecule has 3 amide bonds. The van der Waals surface area contributed by atoms with Gasteiger partial charge in [-0.15, -0.1) is 0 Å².